The number of ether oxygens (including phenoxy) is 1. The highest BCUT2D eigenvalue weighted by Crippen LogP contribution is 2.25. The highest BCUT2D eigenvalue weighted by molar-refractivity contribution is 9.10. The van der Waals surface area contributed by atoms with Crippen LogP contribution in [0.3, 0.4) is 0 Å². The Morgan fingerprint density at radius 3 is 2.76 bits per heavy atom. The first-order valence-electron chi connectivity index (χ1n) is 6.97. The monoisotopic (exact) mass is 351 g/mol. The maximum absolute atomic E-state index is 13.5. The number of hydrogen-bond acceptors (Lipinski definition) is 2. The summed E-state index contributed by atoms with van der Waals surface area (Å²) < 4.78 is 19.8. The summed E-state index contributed by atoms with van der Waals surface area (Å²) in [7, 11) is 0. The fourth-order valence-corrected chi connectivity index (χ4v) is 2.44. The molecular formula is C17H19BrFNO. The highest BCUT2D eigenvalue weighted by Gasteiger charge is 2.08. The Bertz CT molecular complexity index is 616. The van der Waals surface area contributed by atoms with Crippen molar-refractivity contribution in [3.8, 4) is 5.75 Å². The Kier molecular flexibility index (Phi) is 5.76. The molecule has 2 nitrogen and oxygen atoms in total. The summed E-state index contributed by atoms with van der Waals surface area (Å²) in [6.45, 7) is 6.13. The molecule has 0 amide bonds. The van der Waals surface area contributed by atoms with Gasteiger partial charge in [0.05, 0.1) is 4.47 Å². The van der Waals surface area contributed by atoms with Crippen molar-refractivity contribution in [2.45, 2.75) is 27.0 Å². The van der Waals surface area contributed by atoms with E-state index >= 15 is 0 Å². The van der Waals surface area contributed by atoms with Crippen molar-refractivity contribution < 1.29 is 9.13 Å². The molecule has 0 atom stereocenters. The zero-order chi connectivity index (χ0) is 15.2. The van der Waals surface area contributed by atoms with E-state index in [0.29, 0.717) is 11.1 Å². The van der Waals surface area contributed by atoms with E-state index in [9.17, 15) is 4.39 Å². The lowest BCUT2D eigenvalue weighted by Crippen LogP contribution is -2.13. The molecule has 0 fully saturated rings. The van der Waals surface area contributed by atoms with E-state index in [4.69, 9.17) is 4.74 Å². The lowest BCUT2D eigenvalue weighted by Gasteiger charge is -2.13. The number of aryl methyl sites for hydroxylation is 1. The summed E-state index contributed by atoms with van der Waals surface area (Å²) in [5.74, 6) is 0.561. The average molecular weight is 352 g/mol. The second-order valence-corrected chi connectivity index (χ2v) is 5.69. The minimum absolute atomic E-state index is 0.270. The predicted octanol–water partition coefficient (Wildman–Crippen LogP) is 4.59. The summed E-state index contributed by atoms with van der Waals surface area (Å²) in [6.07, 6.45) is 0. The molecular weight excluding hydrogens is 333 g/mol. The Hall–Kier alpha value is -1.39. The van der Waals surface area contributed by atoms with Gasteiger partial charge in [-0.2, -0.15) is 0 Å². The van der Waals surface area contributed by atoms with E-state index in [1.807, 2.05) is 18.2 Å². The molecule has 0 spiro atoms. The largest absolute Gasteiger partial charge is 0.489 e. The van der Waals surface area contributed by atoms with Crippen molar-refractivity contribution in [2.24, 2.45) is 0 Å². The van der Waals surface area contributed by atoms with Crippen molar-refractivity contribution in [1.29, 1.82) is 0 Å². The van der Waals surface area contributed by atoms with Crippen LogP contribution in [0.2, 0.25) is 0 Å². The van der Waals surface area contributed by atoms with Gasteiger partial charge in [0, 0.05) is 17.7 Å². The smallest absolute Gasteiger partial charge is 0.137 e. The SMILES string of the molecule is CCNCc1cc(C)ccc1OCc1cccc(F)c1Br. The van der Waals surface area contributed by atoms with Crippen molar-refractivity contribution in [3.05, 3.63) is 63.4 Å². The van der Waals surface area contributed by atoms with Crippen LogP contribution in [0.25, 0.3) is 0 Å². The third-order valence-corrected chi connectivity index (χ3v) is 4.08. The first-order chi connectivity index (χ1) is 10.1. The van der Waals surface area contributed by atoms with Crippen LogP contribution >= 0.6 is 15.9 Å². The van der Waals surface area contributed by atoms with Gasteiger partial charge < -0.3 is 10.1 Å². The van der Waals surface area contributed by atoms with Crippen LogP contribution < -0.4 is 10.1 Å². The second-order valence-electron chi connectivity index (χ2n) is 4.89. The van der Waals surface area contributed by atoms with Gasteiger partial charge >= 0.3 is 0 Å². The first-order valence-corrected chi connectivity index (χ1v) is 7.77. The van der Waals surface area contributed by atoms with Crippen LogP contribution in [-0.2, 0) is 13.2 Å². The Morgan fingerprint density at radius 2 is 2.00 bits per heavy atom. The third kappa shape index (κ3) is 4.29. The van der Waals surface area contributed by atoms with E-state index in [-0.39, 0.29) is 5.82 Å². The molecule has 0 saturated heterocycles. The standard InChI is InChI=1S/C17H19BrFNO/c1-3-20-10-14-9-12(2)7-8-16(14)21-11-13-5-4-6-15(19)17(13)18/h4-9,20H,3,10-11H2,1-2H3. The molecule has 0 aromatic heterocycles. The zero-order valence-corrected chi connectivity index (χ0v) is 13.8. The van der Waals surface area contributed by atoms with Crippen molar-refractivity contribution in [1.82, 2.24) is 5.32 Å². The molecule has 0 aliphatic carbocycles. The topological polar surface area (TPSA) is 21.3 Å². The maximum atomic E-state index is 13.5. The molecule has 4 heteroatoms. The summed E-state index contributed by atoms with van der Waals surface area (Å²) in [4.78, 5) is 0. The second kappa shape index (κ2) is 7.57. The summed E-state index contributed by atoms with van der Waals surface area (Å²) in [5.41, 5.74) is 3.11. The maximum Gasteiger partial charge on any atom is 0.137 e. The molecule has 0 unspecified atom stereocenters. The molecule has 21 heavy (non-hydrogen) atoms. The van der Waals surface area contributed by atoms with Gasteiger partial charge in [0.1, 0.15) is 18.2 Å². The lowest BCUT2D eigenvalue weighted by atomic mass is 10.1. The van der Waals surface area contributed by atoms with Gasteiger partial charge in [-0.05, 0) is 41.5 Å². The molecule has 0 saturated carbocycles. The van der Waals surface area contributed by atoms with Crippen LogP contribution in [0.15, 0.2) is 40.9 Å². The van der Waals surface area contributed by atoms with Crippen molar-refractivity contribution in [2.75, 3.05) is 6.54 Å². The number of benzene rings is 2. The molecule has 2 rings (SSSR count). The summed E-state index contributed by atoms with van der Waals surface area (Å²) in [5, 5.41) is 3.30. The molecule has 0 radical (unpaired) electrons. The normalized spacial score (nSPS) is 10.7. The summed E-state index contributed by atoms with van der Waals surface area (Å²) in [6, 6.07) is 11.1. The fourth-order valence-electron chi connectivity index (χ4n) is 2.06. The highest BCUT2D eigenvalue weighted by atomic mass is 79.9. The molecule has 0 aliphatic rings. The quantitative estimate of drug-likeness (QED) is 0.821. The molecule has 0 aliphatic heterocycles. The van der Waals surface area contributed by atoms with E-state index in [1.54, 1.807) is 6.07 Å². The Morgan fingerprint density at radius 1 is 1.19 bits per heavy atom. The average Bonchev–Trinajstić information content (AvgIpc) is 2.48. The molecule has 112 valence electrons. The van der Waals surface area contributed by atoms with Crippen LogP contribution in [-0.4, -0.2) is 6.54 Å². The Labute approximate surface area is 133 Å². The van der Waals surface area contributed by atoms with E-state index < -0.39 is 0 Å². The number of hydrogen-bond donors (Lipinski definition) is 1. The number of rotatable bonds is 6. The molecule has 2 aromatic carbocycles. The summed E-state index contributed by atoms with van der Waals surface area (Å²) >= 11 is 3.26. The minimum Gasteiger partial charge on any atom is -0.489 e. The van der Waals surface area contributed by atoms with Crippen LogP contribution in [0, 0.1) is 12.7 Å². The van der Waals surface area contributed by atoms with Crippen LogP contribution in [0.4, 0.5) is 4.39 Å². The molecule has 2 aromatic rings. The molecule has 1 N–H and O–H groups in total. The van der Waals surface area contributed by atoms with Gasteiger partial charge in [0.15, 0.2) is 0 Å². The molecule has 0 heterocycles. The molecule has 0 bridgehead atoms. The van der Waals surface area contributed by atoms with E-state index in [0.717, 1.165) is 30.0 Å². The van der Waals surface area contributed by atoms with Crippen molar-refractivity contribution in [3.63, 3.8) is 0 Å². The van der Waals surface area contributed by atoms with Crippen molar-refractivity contribution >= 4 is 15.9 Å². The fraction of sp³-hybridized carbons (Fsp3) is 0.294. The van der Waals surface area contributed by atoms with Gasteiger partial charge in [0.25, 0.3) is 0 Å². The van der Waals surface area contributed by atoms with Gasteiger partial charge in [-0.15, -0.1) is 0 Å². The van der Waals surface area contributed by atoms with E-state index in [1.165, 1.54) is 11.6 Å². The first kappa shape index (κ1) is 16.0. The minimum atomic E-state index is -0.270. The number of halogens is 2. The third-order valence-electron chi connectivity index (χ3n) is 3.20. The van der Waals surface area contributed by atoms with E-state index in [2.05, 4.69) is 41.2 Å². The Balaban J connectivity index is 2.14. The number of nitrogens with one attached hydrogen (secondary N) is 1. The lowest BCUT2D eigenvalue weighted by molar-refractivity contribution is 0.300. The van der Waals surface area contributed by atoms with Crippen LogP contribution in [0.1, 0.15) is 23.6 Å². The van der Waals surface area contributed by atoms with Crippen LogP contribution in [0.5, 0.6) is 5.75 Å². The van der Waals surface area contributed by atoms with Gasteiger partial charge in [0.2, 0.25) is 0 Å². The van der Waals surface area contributed by atoms with Gasteiger partial charge in [-0.3, -0.25) is 0 Å². The predicted molar refractivity (Wildman–Crippen MR) is 87.0 cm³/mol. The zero-order valence-electron chi connectivity index (χ0n) is 12.2. The van der Waals surface area contributed by atoms with Gasteiger partial charge in [-0.1, -0.05) is 36.8 Å². The van der Waals surface area contributed by atoms with Gasteiger partial charge in [-0.25, -0.2) is 4.39 Å².